The van der Waals surface area contributed by atoms with Crippen LogP contribution in [0.5, 0.6) is 0 Å². The second-order valence-corrected chi connectivity index (χ2v) is 4.58. The van der Waals surface area contributed by atoms with Crippen molar-refractivity contribution >= 4 is 49.8 Å². The molecule has 1 unspecified atom stereocenters. The zero-order valence-electron chi connectivity index (χ0n) is 6.10. The molecule has 4 nitrogen and oxygen atoms in total. The van der Waals surface area contributed by atoms with E-state index in [1.165, 1.54) is 0 Å². The molecule has 1 N–H and O–H groups in total. The van der Waals surface area contributed by atoms with Gasteiger partial charge >= 0.3 is 0 Å². The quantitative estimate of drug-likeness (QED) is 0.811. The van der Waals surface area contributed by atoms with Gasteiger partial charge in [-0.15, -0.1) is 0 Å². The fourth-order valence-electron chi connectivity index (χ4n) is 0.955. The zero-order valence-corrected chi connectivity index (χ0v) is 9.32. The highest BCUT2D eigenvalue weighted by Crippen LogP contribution is 2.26. The van der Waals surface area contributed by atoms with Crippen LogP contribution in [0.2, 0.25) is 0 Å². The first-order valence-corrected chi connectivity index (χ1v) is 5.85. The van der Waals surface area contributed by atoms with Gasteiger partial charge < -0.3 is 4.55 Å². The Balaban J connectivity index is 2.86. The van der Waals surface area contributed by atoms with E-state index in [1.807, 2.05) is 0 Å². The van der Waals surface area contributed by atoms with E-state index >= 15 is 0 Å². The number of halogens is 1. The molecule has 1 aromatic heterocycles. The minimum atomic E-state index is -2.01. The first-order valence-electron chi connectivity index (χ1n) is 3.22. The van der Waals surface area contributed by atoms with Gasteiger partial charge in [0.15, 0.2) is 11.1 Å². The molecule has 2 aromatic rings. The monoisotopic (exact) mass is 278 g/mol. The van der Waals surface area contributed by atoms with Crippen molar-refractivity contribution in [2.24, 2.45) is 0 Å². The highest BCUT2D eigenvalue weighted by atomic mass is 79.9. The molecular formula is C6H3BrN2O2S2. The van der Waals surface area contributed by atoms with Crippen molar-refractivity contribution in [2.45, 2.75) is 4.90 Å². The summed E-state index contributed by atoms with van der Waals surface area (Å²) < 4.78 is 28.5. The lowest BCUT2D eigenvalue weighted by molar-refractivity contribution is 0.565. The molecule has 2 rings (SSSR count). The summed E-state index contributed by atoms with van der Waals surface area (Å²) in [5.41, 5.74) is 1.12. The molecule has 0 fully saturated rings. The van der Waals surface area contributed by atoms with E-state index in [0.29, 0.717) is 15.9 Å². The summed E-state index contributed by atoms with van der Waals surface area (Å²) in [6, 6.07) is 3.25. The lowest BCUT2D eigenvalue weighted by Crippen LogP contribution is -1.89. The molecule has 0 saturated heterocycles. The minimum absolute atomic E-state index is 0.298. The van der Waals surface area contributed by atoms with Gasteiger partial charge in [-0.25, -0.2) is 4.21 Å². The number of aromatic nitrogens is 2. The van der Waals surface area contributed by atoms with Crippen molar-refractivity contribution in [3.63, 3.8) is 0 Å². The van der Waals surface area contributed by atoms with Gasteiger partial charge in [0.2, 0.25) is 0 Å². The van der Waals surface area contributed by atoms with E-state index in [2.05, 4.69) is 24.7 Å². The Morgan fingerprint density at radius 2 is 2.08 bits per heavy atom. The maximum atomic E-state index is 10.9. The Kier molecular flexibility index (Phi) is 2.41. The first-order chi connectivity index (χ1) is 6.20. The molecule has 0 saturated carbocycles. The average Bonchev–Trinajstić information content (AvgIpc) is 2.53. The zero-order chi connectivity index (χ0) is 9.42. The van der Waals surface area contributed by atoms with Crippen molar-refractivity contribution in [2.75, 3.05) is 0 Å². The number of hydrogen-bond acceptors (Lipinski definition) is 4. The van der Waals surface area contributed by atoms with E-state index in [0.717, 1.165) is 16.2 Å². The molecule has 0 bridgehead atoms. The predicted molar refractivity (Wildman–Crippen MR) is 54.2 cm³/mol. The van der Waals surface area contributed by atoms with Crippen molar-refractivity contribution in [3.8, 4) is 0 Å². The Labute approximate surface area is 88.7 Å². The number of benzene rings is 1. The Hall–Kier alpha value is -0.370. The van der Waals surface area contributed by atoms with E-state index in [1.54, 1.807) is 12.1 Å². The maximum Gasteiger partial charge on any atom is 0.188 e. The molecule has 68 valence electrons. The standard InChI is InChI=1S/C6H3BrN2O2S2/c7-3-1-2-4(13(10)11)6-5(3)8-12-9-6/h1-2H,(H,10,11). The summed E-state index contributed by atoms with van der Waals surface area (Å²) in [6.07, 6.45) is 0. The van der Waals surface area contributed by atoms with Crippen LogP contribution in [0.25, 0.3) is 11.0 Å². The molecule has 1 heterocycles. The van der Waals surface area contributed by atoms with Crippen LogP contribution in [-0.2, 0) is 11.1 Å². The van der Waals surface area contributed by atoms with Gasteiger partial charge in [-0.2, -0.15) is 8.75 Å². The van der Waals surface area contributed by atoms with Crippen LogP contribution in [0.15, 0.2) is 21.5 Å². The molecule has 7 heteroatoms. The van der Waals surface area contributed by atoms with Crippen molar-refractivity contribution in [1.82, 2.24) is 8.75 Å². The Morgan fingerprint density at radius 3 is 2.77 bits per heavy atom. The molecule has 0 aliphatic carbocycles. The molecule has 0 aliphatic heterocycles. The summed E-state index contributed by atoms with van der Waals surface area (Å²) in [5.74, 6) is 0. The predicted octanol–water partition coefficient (Wildman–Crippen LogP) is 2.03. The fraction of sp³-hybridized carbons (Fsp3) is 0. The van der Waals surface area contributed by atoms with Gasteiger partial charge in [-0.05, 0) is 28.1 Å². The second-order valence-electron chi connectivity index (χ2n) is 2.26. The normalized spacial score (nSPS) is 13.4. The number of nitrogens with zero attached hydrogens (tertiary/aromatic N) is 2. The molecule has 0 aliphatic rings. The van der Waals surface area contributed by atoms with Gasteiger partial charge in [0, 0.05) is 4.47 Å². The molecule has 1 atom stereocenters. The van der Waals surface area contributed by atoms with Gasteiger partial charge in [0.05, 0.1) is 16.6 Å². The first kappa shape index (κ1) is 9.20. The SMILES string of the molecule is O=S(O)c1ccc(Br)c2nsnc12. The number of rotatable bonds is 1. The van der Waals surface area contributed by atoms with Crippen LogP contribution in [0.3, 0.4) is 0 Å². The molecule has 0 spiro atoms. The Morgan fingerprint density at radius 1 is 1.38 bits per heavy atom. The summed E-state index contributed by atoms with van der Waals surface area (Å²) >= 11 is 2.30. The van der Waals surface area contributed by atoms with Crippen molar-refractivity contribution in [1.29, 1.82) is 0 Å². The van der Waals surface area contributed by atoms with Crippen molar-refractivity contribution in [3.05, 3.63) is 16.6 Å². The van der Waals surface area contributed by atoms with Crippen LogP contribution in [0, 0.1) is 0 Å². The van der Waals surface area contributed by atoms with Crippen LogP contribution < -0.4 is 0 Å². The highest BCUT2D eigenvalue weighted by molar-refractivity contribution is 9.10. The van der Waals surface area contributed by atoms with E-state index in [4.69, 9.17) is 4.55 Å². The average molecular weight is 279 g/mol. The second kappa shape index (κ2) is 3.41. The summed E-state index contributed by atoms with van der Waals surface area (Å²) in [4.78, 5) is 0.298. The topological polar surface area (TPSA) is 63.1 Å². The maximum absolute atomic E-state index is 10.9. The van der Waals surface area contributed by atoms with Gasteiger partial charge in [-0.1, -0.05) is 0 Å². The number of fused-ring (bicyclic) bond motifs is 1. The number of hydrogen-bond donors (Lipinski definition) is 1. The lowest BCUT2D eigenvalue weighted by atomic mass is 10.3. The van der Waals surface area contributed by atoms with Crippen LogP contribution >= 0.6 is 27.7 Å². The molecular weight excluding hydrogens is 276 g/mol. The summed E-state index contributed by atoms with van der Waals surface area (Å²) in [5, 5.41) is 0. The van der Waals surface area contributed by atoms with Crippen LogP contribution in [0.4, 0.5) is 0 Å². The van der Waals surface area contributed by atoms with E-state index in [9.17, 15) is 4.21 Å². The molecule has 0 amide bonds. The third kappa shape index (κ3) is 1.52. The van der Waals surface area contributed by atoms with Gasteiger partial charge in [-0.3, -0.25) is 0 Å². The fourth-order valence-corrected chi connectivity index (χ4v) is 2.60. The minimum Gasteiger partial charge on any atom is -0.302 e. The van der Waals surface area contributed by atoms with E-state index < -0.39 is 11.1 Å². The van der Waals surface area contributed by atoms with Gasteiger partial charge in [0.1, 0.15) is 11.0 Å². The largest absolute Gasteiger partial charge is 0.302 e. The molecule has 13 heavy (non-hydrogen) atoms. The van der Waals surface area contributed by atoms with Crippen LogP contribution in [-0.4, -0.2) is 17.5 Å². The van der Waals surface area contributed by atoms with Crippen molar-refractivity contribution < 1.29 is 8.76 Å². The smallest absolute Gasteiger partial charge is 0.188 e. The van der Waals surface area contributed by atoms with Gasteiger partial charge in [0.25, 0.3) is 0 Å². The van der Waals surface area contributed by atoms with Crippen LogP contribution in [0.1, 0.15) is 0 Å². The third-order valence-corrected chi connectivity index (χ3v) is 3.39. The third-order valence-electron chi connectivity index (χ3n) is 1.52. The lowest BCUT2D eigenvalue weighted by Gasteiger charge is -1.96. The summed E-state index contributed by atoms with van der Waals surface area (Å²) in [7, 11) is 0. The summed E-state index contributed by atoms with van der Waals surface area (Å²) in [6.45, 7) is 0. The Bertz CT molecular complexity index is 484. The molecule has 0 radical (unpaired) electrons. The highest BCUT2D eigenvalue weighted by Gasteiger charge is 2.11. The molecule has 1 aromatic carbocycles. The van der Waals surface area contributed by atoms with E-state index in [-0.39, 0.29) is 0 Å².